The Labute approximate surface area is 119 Å². The van der Waals surface area contributed by atoms with Crippen LogP contribution in [0.4, 0.5) is 0 Å². The van der Waals surface area contributed by atoms with Crippen LogP contribution in [-0.4, -0.2) is 15.8 Å². The molecular weight excluding hydrogens is 248 g/mol. The van der Waals surface area contributed by atoms with E-state index in [2.05, 4.69) is 35.9 Å². The molecular formula is C17H18N2O. The van der Waals surface area contributed by atoms with Crippen molar-refractivity contribution >= 4 is 5.78 Å². The van der Waals surface area contributed by atoms with Crippen LogP contribution >= 0.6 is 0 Å². The van der Waals surface area contributed by atoms with E-state index in [1.54, 1.807) is 6.20 Å². The molecule has 3 rings (SSSR count). The Morgan fingerprint density at radius 1 is 1.15 bits per heavy atom. The summed E-state index contributed by atoms with van der Waals surface area (Å²) < 4.78 is 0. The van der Waals surface area contributed by atoms with E-state index in [9.17, 15) is 4.79 Å². The minimum atomic E-state index is 0.00243. The summed E-state index contributed by atoms with van der Waals surface area (Å²) in [4.78, 5) is 21.1. The molecule has 3 heteroatoms. The topological polar surface area (TPSA) is 42.9 Å². The zero-order valence-electron chi connectivity index (χ0n) is 11.9. The summed E-state index contributed by atoms with van der Waals surface area (Å²) in [6.45, 7) is 4.24. The van der Waals surface area contributed by atoms with Gasteiger partial charge in [-0.1, -0.05) is 44.2 Å². The van der Waals surface area contributed by atoms with Crippen molar-refractivity contribution in [3.05, 3.63) is 59.2 Å². The van der Waals surface area contributed by atoms with Crippen molar-refractivity contribution in [1.29, 1.82) is 0 Å². The quantitative estimate of drug-likeness (QED) is 0.838. The van der Waals surface area contributed by atoms with Crippen LogP contribution in [0.15, 0.2) is 36.5 Å². The highest BCUT2D eigenvalue weighted by Crippen LogP contribution is 2.33. The molecule has 0 radical (unpaired) electrons. The molecule has 0 saturated carbocycles. The first-order chi connectivity index (χ1) is 9.53. The Morgan fingerprint density at radius 3 is 2.65 bits per heavy atom. The number of ketones is 1. The number of Topliss-reactive ketones (excluding diaryl/α,β-unsaturated/α-hetero) is 1. The maximum atomic E-state index is 12.1. The second kappa shape index (κ2) is 4.82. The molecule has 0 atom stereocenters. The van der Waals surface area contributed by atoms with Gasteiger partial charge in [-0.3, -0.25) is 4.79 Å². The zero-order valence-corrected chi connectivity index (χ0v) is 11.9. The average Bonchev–Trinajstić information content (AvgIpc) is 2.38. The molecule has 1 aromatic heterocycles. The largest absolute Gasteiger partial charge is 0.294 e. The molecule has 0 unspecified atom stereocenters. The van der Waals surface area contributed by atoms with Gasteiger partial charge in [0.25, 0.3) is 0 Å². The van der Waals surface area contributed by atoms with Gasteiger partial charge in [-0.25, -0.2) is 9.97 Å². The van der Waals surface area contributed by atoms with Gasteiger partial charge in [0, 0.05) is 19.0 Å². The fraction of sp³-hybridized carbons (Fsp3) is 0.353. The second-order valence-corrected chi connectivity index (χ2v) is 6.25. The molecule has 1 aliphatic carbocycles. The molecule has 0 saturated heterocycles. The summed E-state index contributed by atoms with van der Waals surface area (Å²) in [6, 6.07) is 10.2. The summed E-state index contributed by atoms with van der Waals surface area (Å²) in [5, 5.41) is 0. The molecule has 0 fully saturated rings. The number of fused-ring (bicyclic) bond motifs is 1. The molecule has 1 heterocycles. The van der Waals surface area contributed by atoms with Crippen LogP contribution in [0, 0.1) is 5.41 Å². The average molecular weight is 266 g/mol. The highest BCUT2D eigenvalue weighted by molar-refractivity contribution is 5.98. The maximum Gasteiger partial charge on any atom is 0.166 e. The zero-order chi connectivity index (χ0) is 14.2. The number of benzene rings is 1. The van der Waals surface area contributed by atoms with Crippen molar-refractivity contribution in [2.75, 3.05) is 0 Å². The lowest BCUT2D eigenvalue weighted by molar-refractivity contribution is 0.0909. The lowest BCUT2D eigenvalue weighted by Gasteiger charge is -2.29. The third kappa shape index (κ3) is 2.62. The first-order valence-electron chi connectivity index (χ1n) is 6.95. The number of hydrogen-bond donors (Lipinski definition) is 0. The van der Waals surface area contributed by atoms with Crippen LogP contribution in [0.5, 0.6) is 0 Å². The van der Waals surface area contributed by atoms with Gasteiger partial charge >= 0.3 is 0 Å². The number of hydrogen-bond acceptors (Lipinski definition) is 3. The third-order valence-electron chi connectivity index (χ3n) is 3.71. The maximum absolute atomic E-state index is 12.1. The molecule has 1 aromatic carbocycles. The number of nitrogens with zero attached hydrogens (tertiary/aromatic N) is 2. The van der Waals surface area contributed by atoms with E-state index in [-0.39, 0.29) is 11.2 Å². The Kier molecular flexibility index (Phi) is 3.13. The van der Waals surface area contributed by atoms with E-state index in [0.717, 1.165) is 17.9 Å². The van der Waals surface area contributed by atoms with E-state index >= 15 is 0 Å². The molecule has 1 aliphatic rings. The number of carbonyl (C=O) groups excluding carboxylic acids is 1. The van der Waals surface area contributed by atoms with E-state index < -0.39 is 0 Å². The fourth-order valence-electron chi connectivity index (χ4n) is 2.74. The standard InChI is InChI=1S/C17H18N2O/c1-17(2)9-14-13(15(20)10-17)11-18-16(19-14)8-12-6-4-3-5-7-12/h3-7,11H,8-10H2,1-2H3. The molecule has 0 N–H and O–H groups in total. The normalized spacial score (nSPS) is 16.8. The van der Waals surface area contributed by atoms with E-state index in [0.29, 0.717) is 18.4 Å². The van der Waals surface area contributed by atoms with Gasteiger partial charge < -0.3 is 0 Å². The fourth-order valence-corrected chi connectivity index (χ4v) is 2.74. The van der Waals surface area contributed by atoms with E-state index in [4.69, 9.17) is 0 Å². The molecule has 2 aromatic rings. The van der Waals surface area contributed by atoms with Crippen LogP contribution in [-0.2, 0) is 12.8 Å². The predicted octanol–water partition coefficient (Wildman–Crippen LogP) is 3.22. The summed E-state index contributed by atoms with van der Waals surface area (Å²) >= 11 is 0. The SMILES string of the molecule is CC1(C)CC(=O)c2cnc(Cc3ccccc3)nc2C1. The number of carbonyl (C=O) groups is 1. The monoisotopic (exact) mass is 266 g/mol. The Balaban J connectivity index is 1.91. The van der Waals surface area contributed by atoms with Crippen molar-refractivity contribution in [1.82, 2.24) is 9.97 Å². The van der Waals surface area contributed by atoms with Crippen LogP contribution in [0.2, 0.25) is 0 Å². The van der Waals surface area contributed by atoms with Crippen LogP contribution < -0.4 is 0 Å². The van der Waals surface area contributed by atoms with Crippen molar-refractivity contribution in [3.8, 4) is 0 Å². The van der Waals surface area contributed by atoms with Gasteiger partial charge in [0.15, 0.2) is 5.78 Å². The van der Waals surface area contributed by atoms with Crippen molar-refractivity contribution in [2.45, 2.75) is 33.1 Å². The van der Waals surface area contributed by atoms with Gasteiger partial charge in [-0.2, -0.15) is 0 Å². The van der Waals surface area contributed by atoms with Crippen LogP contribution in [0.1, 0.15) is 47.7 Å². The summed E-state index contributed by atoms with van der Waals surface area (Å²) in [7, 11) is 0. The molecule has 0 amide bonds. The predicted molar refractivity (Wildman–Crippen MR) is 77.7 cm³/mol. The highest BCUT2D eigenvalue weighted by atomic mass is 16.1. The Morgan fingerprint density at radius 2 is 1.90 bits per heavy atom. The van der Waals surface area contributed by atoms with Gasteiger partial charge in [0.1, 0.15) is 5.82 Å². The lowest BCUT2D eigenvalue weighted by atomic mass is 9.76. The highest BCUT2D eigenvalue weighted by Gasteiger charge is 2.32. The Bertz CT molecular complexity index is 647. The minimum absolute atomic E-state index is 0.00243. The van der Waals surface area contributed by atoms with Gasteiger partial charge in [0.2, 0.25) is 0 Å². The molecule has 0 aliphatic heterocycles. The van der Waals surface area contributed by atoms with Crippen LogP contribution in [0.3, 0.4) is 0 Å². The van der Waals surface area contributed by atoms with E-state index in [1.807, 2.05) is 18.2 Å². The Hall–Kier alpha value is -2.03. The molecule has 3 nitrogen and oxygen atoms in total. The molecule has 20 heavy (non-hydrogen) atoms. The molecule has 102 valence electrons. The summed E-state index contributed by atoms with van der Waals surface area (Å²) in [5.41, 5.74) is 2.81. The van der Waals surface area contributed by atoms with E-state index in [1.165, 1.54) is 5.56 Å². The second-order valence-electron chi connectivity index (χ2n) is 6.25. The molecule has 0 bridgehead atoms. The van der Waals surface area contributed by atoms with Gasteiger partial charge in [-0.15, -0.1) is 0 Å². The number of rotatable bonds is 2. The molecule has 0 spiro atoms. The summed E-state index contributed by atoms with van der Waals surface area (Å²) in [5.74, 6) is 0.961. The smallest absolute Gasteiger partial charge is 0.166 e. The van der Waals surface area contributed by atoms with Gasteiger partial charge in [-0.05, 0) is 17.4 Å². The van der Waals surface area contributed by atoms with Gasteiger partial charge in [0.05, 0.1) is 11.3 Å². The third-order valence-corrected chi connectivity index (χ3v) is 3.71. The summed E-state index contributed by atoms with van der Waals surface area (Å²) in [6.07, 6.45) is 3.85. The lowest BCUT2D eigenvalue weighted by Crippen LogP contribution is -2.28. The first-order valence-corrected chi connectivity index (χ1v) is 6.95. The van der Waals surface area contributed by atoms with Crippen molar-refractivity contribution < 1.29 is 4.79 Å². The van der Waals surface area contributed by atoms with Crippen molar-refractivity contribution in [2.24, 2.45) is 5.41 Å². The first kappa shape index (κ1) is 13.0. The number of aromatic nitrogens is 2. The van der Waals surface area contributed by atoms with Crippen molar-refractivity contribution in [3.63, 3.8) is 0 Å². The van der Waals surface area contributed by atoms with Crippen LogP contribution in [0.25, 0.3) is 0 Å². The minimum Gasteiger partial charge on any atom is -0.294 e.